The van der Waals surface area contributed by atoms with Gasteiger partial charge in [0.15, 0.2) is 11.4 Å². The number of thiazole rings is 1. The average Bonchev–Trinajstić information content (AvgIpc) is 3.04. The Kier molecular flexibility index (Phi) is 4.20. The molecule has 0 spiro atoms. The first-order chi connectivity index (χ1) is 9.45. The number of nitrogens with two attached hydrogens (primary N) is 1. The third-order valence-corrected chi connectivity index (χ3v) is 3.88. The number of carbonyl (C=O) groups is 1. The Bertz CT molecular complexity index is 616. The molecular weight excluding hydrogens is 276 g/mol. The van der Waals surface area contributed by atoms with Gasteiger partial charge in [0.2, 0.25) is 5.78 Å². The Morgan fingerprint density at radius 3 is 2.65 bits per heavy atom. The van der Waals surface area contributed by atoms with Gasteiger partial charge in [-0.1, -0.05) is 0 Å². The second kappa shape index (κ2) is 5.72. The smallest absolute Gasteiger partial charge is 0.234 e. The normalized spacial score (nSPS) is 12.7. The number of hydrogen-bond donors (Lipinski definition) is 1. The summed E-state index contributed by atoms with van der Waals surface area (Å²) in [7, 11) is 1.52. The molecule has 6 nitrogen and oxygen atoms in total. The van der Waals surface area contributed by atoms with Crippen LogP contribution in [0.25, 0.3) is 0 Å². The third kappa shape index (κ3) is 2.59. The maximum atomic E-state index is 12.6. The van der Waals surface area contributed by atoms with Crippen molar-refractivity contribution in [2.75, 3.05) is 7.11 Å². The zero-order valence-corrected chi connectivity index (χ0v) is 12.8. The van der Waals surface area contributed by atoms with Crippen LogP contribution in [0.15, 0.2) is 11.6 Å². The topological polar surface area (TPSA) is 83.0 Å². The highest BCUT2D eigenvalue weighted by Gasteiger charge is 2.24. The molecule has 2 heterocycles. The van der Waals surface area contributed by atoms with Crippen LogP contribution >= 0.6 is 11.3 Å². The molecule has 0 aliphatic heterocycles. The van der Waals surface area contributed by atoms with Gasteiger partial charge in [-0.25, -0.2) is 4.98 Å². The Labute approximate surface area is 121 Å². The van der Waals surface area contributed by atoms with Gasteiger partial charge in [-0.15, -0.1) is 11.3 Å². The van der Waals surface area contributed by atoms with Crippen LogP contribution in [0.5, 0.6) is 5.75 Å². The third-order valence-electron chi connectivity index (χ3n) is 2.83. The summed E-state index contributed by atoms with van der Waals surface area (Å²) in [5.41, 5.74) is 6.57. The molecule has 0 amide bonds. The summed E-state index contributed by atoms with van der Waals surface area (Å²) >= 11 is 1.38. The van der Waals surface area contributed by atoms with Crippen LogP contribution in [-0.2, 0) is 0 Å². The van der Waals surface area contributed by atoms with Crippen LogP contribution in [0.4, 0.5) is 0 Å². The van der Waals surface area contributed by atoms with Gasteiger partial charge in [-0.2, -0.15) is 5.10 Å². The van der Waals surface area contributed by atoms with Gasteiger partial charge in [-0.3, -0.25) is 9.48 Å². The number of carbonyl (C=O) groups excluding carboxylic acids is 1. The molecule has 0 aromatic carbocycles. The van der Waals surface area contributed by atoms with Gasteiger partial charge < -0.3 is 10.5 Å². The van der Waals surface area contributed by atoms with Gasteiger partial charge in [0, 0.05) is 11.4 Å². The molecule has 0 bridgehead atoms. The standard InChI is InChI=1S/C13H18N4O2S/c1-7(2)17-11(10(19-4)5-15-17)12(18)9-6-20-13(16-9)8(3)14/h5-8H,14H2,1-4H3. The van der Waals surface area contributed by atoms with Crippen molar-refractivity contribution in [1.29, 1.82) is 0 Å². The predicted molar refractivity (Wildman–Crippen MR) is 77.3 cm³/mol. The minimum Gasteiger partial charge on any atom is -0.493 e. The lowest BCUT2D eigenvalue weighted by Crippen LogP contribution is -2.15. The highest BCUT2D eigenvalue weighted by molar-refractivity contribution is 7.09. The molecule has 1 atom stereocenters. The van der Waals surface area contributed by atoms with E-state index < -0.39 is 0 Å². The van der Waals surface area contributed by atoms with Crippen molar-refractivity contribution < 1.29 is 9.53 Å². The number of aromatic nitrogens is 3. The predicted octanol–water partition coefficient (Wildman–Crippen LogP) is 2.18. The maximum absolute atomic E-state index is 12.6. The first kappa shape index (κ1) is 14.7. The summed E-state index contributed by atoms with van der Waals surface area (Å²) in [6.45, 7) is 5.75. The number of hydrogen-bond acceptors (Lipinski definition) is 6. The van der Waals surface area contributed by atoms with Gasteiger partial charge in [-0.05, 0) is 20.8 Å². The summed E-state index contributed by atoms with van der Waals surface area (Å²) in [6, 6.07) is -0.122. The van der Waals surface area contributed by atoms with Crippen molar-refractivity contribution in [3.05, 3.63) is 28.0 Å². The number of ether oxygens (including phenoxy) is 1. The Hall–Kier alpha value is -1.73. The zero-order chi connectivity index (χ0) is 14.9. The molecule has 2 N–H and O–H groups in total. The molecule has 0 aliphatic carbocycles. The van der Waals surface area contributed by atoms with Crippen molar-refractivity contribution in [2.45, 2.75) is 32.9 Å². The van der Waals surface area contributed by atoms with E-state index in [1.54, 1.807) is 16.3 Å². The van der Waals surface area contributed by atoms with E-state index in [1.165, 1.54) is 18.4 Å². The lowest BCUT2D eigenvalue weighted by atomic mass is 10.2. The highest BCUT2D eigenvalue weighted by Crippen LogP contribution is 2.25. The van der Waals surface area contributed by atoms with E-state index in [-0.39, 0.29) is 17.9 Å². The van der Waals surface area contributed by atoms with E-state index in [0.29, 0.717) is 17.1 Å². The molecule has 7 heteroatoms. The molecule has 2 aromatic rings. The highest BCUT2D eigenvalue weighted by atomic mass is 32.1. The molecule has 108 valence electrons. The number of rotatable bonds is 5. The van der Waals surface area contributed by atoms with Crippen LogP contribution in [0.1, 0.15) is 54.0 Å². The van der Waals surface area contributed by atoms with E-state index in [9.17, 15) is 4.79 Å². The zero-order valence-electron chi connectivity index (χ0n) is 12.0. The second-order valence-electron chi connectivity index (χ2n) is 4.79. The van der Waals surface area contributed by atoms with Crippen LogP contribution in [0.2, 0.25) is 0 Å². The Morgan fingerprint density at radius 2 is 2.15 bits per heavy atom. The fraction of sp³-hybridized carbons (Fsp3) is 0.462. The van der Waals surface area contributed by atoms with Gasteiger partial charge >= 0.3 is 0 Å². The van der Waals surface area contributed by atoms with Gasteiger partial charge in [0.05, 0.1) is 19.3 Å². The van der Waals surface area contributed by atoms with Crippen molar-refractivity contribution in [1.82, 2.24) is 14.8 Å². The SMILES string of the molecule is COc1cnn(C(C)C)c1C(=O)c1csc(C(C)N)n1. The van der Waals surface area contributed by atoms with Crippen LogP contribution < -0.4 is 10.5 Å². The van der Waals surface area contributed by atoms with E-state index in [4.69, 9.17) is 10.5 Å². The largest absolute Gasteiger partial charge is 0.493 e. The quantitative estimate of drug-likeness (QED) is 0.855. The fourth-order valence-electron chi connectivity index (χ4n) is 1.83. The van der Waals surface area contributed by atoms with Gasteiger partial charge in [0.1, 0.15) is 10.7 Å². The number of methoxy groups -OCH3 is 1. The molecule has 1 unspecified atom stereocenters. The number of ketones is 1. The van der Waals surface area contributed by atoms with Gasteiger partial charge in [0.25, 0.3) is 0 Å². The van der Waals surface area contributed by atoms with Crippen LogP contribution in [-0.4, -0.2) is 27.7 Å². The Balaban J connectivity index is 2.44. The Morgan fingerprint density at radius 1 is 1.45 bits per heavy atom. The summed E-state index contributed by atoms with van der Waals surface area (Å²) < 4.78 is 6.86. The average molecular weight is 294 g/mol. The van der Waals surface area contributed by atoms with E-state index in [2.05, 4.69) is 10.1 Å². The minimum atomic E-state index is -0.198. The molecule has 0 aliphatic rings. The van der Waals surface area contributed by atoms with Crippen molar-refractivity contribution >= 4 is 17.1 Å². The lowest BCUT2D eigenvalue weighted by Gasteiger charge is -2.10. The van der Waals surface area contributed by atoms with Crippen LogP contribution in [0, 0.1) is 0 Å². The summed E-state index contributed by atoms with van der Waals surface area (Å²) in [6.07, 6.45) is 1.55. The lowest BCUT2D eigenvalue weighted by molar-refractivity contribution is 0.102. The van der Waals surface area contributed by atoms with Crippen molar-refractivity contribution in [3.63, 3.8) is 0 Å². The fourth-order valence-corrected chi connectivity index (χ4v) is 2.58. The maximum Gasteiger partial charge on any atom is 0.234 e. The van der Waals surface area contributed by atoms with Crippen LogP contribution in [0.3, 0.4) is 0 Å². The minimum absolute atomic E-state index is 0.0596. The molecule has 0 fully saturated rings. The molecule has 2 rings (SSSR count). The molecule has 20 heavy (non-hydrogen) atoms. The first-order valence-corrected chi connectivity index (χ1v) is 7.20. The first-order valence-electron chi connectivity index (χ1n) is 6.32. The molecule has 0 saturated carbocycles. The van der Waals surface area contributed by atoms with Crippen molar-refractivity contribution in [2.24, 2.45) is 5.73 Å². The van der Waals surface area contributed by atoms with E-state index >= 15 is 0 Å². The number of nitrogens with zero attached hydrogens (tertiary/aromatic N) is 3. The van der Waals surface area contributed by atoms with E-state index in [1.807, 2.05) is 20.8 Å². The second-order valence-corrected chi connectivity index (χ2v) is 5.68. The molecule has 0 saturated heterocycles. The summed E-state index contributed by atoms with van der Waals surface area (Å²) in [5.74, 6) is 0.259. The summed E-state index contributed by atoms with van der Waals surface area (Å²) in [5, 5.41) is 6.66. The molecular formula is C13H18N4O2S. The molecule has 2 aromatic heterocycles. The monoisotopic (exact) mass is 294 g/mol. The van der Waals surface area contributed by atoms with E-state index in [0.717, 1.165) is 5.01 Å². The van der Waals surface area contributed by atoms with Crippen molar-refractivity contribution in [3.8, 4) is 5.75 Å². The molecule has 0 radical (unpaired) electrons. The summed E-state index contributed by atoms with van der Waals surface area (Å²) in [4.78, 5) is 16.9.